The highest BCUT2D eigenvalue weighted by atomic mass is 16.2. The van der Waals surface area contributed by atoms with Crippen molar-refractivity contribution in [2.24, 2.45) is 0 Å². The molecule has 0 aliphatic rings. The molecule has 0 spiro atoms. The number of hydrogen-bond acceptors (Lipinski definition) is 3. The second-order valence-electron chi connectivity index (χ2n) is 5.59. The predicted molar refractivity (Wildman–Crippen MR) is 90.0 cm³/mol. The van der Waals surface area contributed by atoms with E-state index in [1.807, 2.05) is 38.2 Å². The summed E-state index contributed by atoms with van der Waals surface area (Å²) in [6, 6.07) is 10.1. The van der Waals surface area contributed by atoms with Crippen LogP contribution in [0.25, 0.3) is 0 Å². The molecule has 1 N–H and O–H groups in total. The lowest BCUT2D eigenvalue weighted by molar-refractivity contribution is -0.127. The SMILES string of the molecule is Cc1ccc(NCC(=O)N(C)CCc2ccncc2)c(C)c1. The molecule has 0 aliphatic carbocycles. The molecule has 2 rings (SSSR count). The Bertz CT molecular complexity index is 625. The number of rotatable bonds is 6. The third-order valence-corrected chi connectivity index (χ3v) is 3.72. The molecular weight excluding hydrogens is 274 g/mol. The van der Waals surface area contributed by atoms with Gasteiger partial charge < -0.3 is 10.2 Å². The van der Waals surface area contributed by atoms with Crippen LogP contribution in [0.4, 0.5) is 5.69 Å². The van der Waals surface area contributed by atoms with Crippen LogP contribution in [-0.4, -0.2) is 35.9 Å². The van der Waals surface area contributed by atoms with Crippen LogP contribution in [0.3, 0.4) is 0 Å². The van der Waals surface area contributed by atoms with Crippen molar-refractivity contribution in [1.82, 2.24) is 9.88 Å². The molecule has 0 saturated heterocycles. The van der Waals surface area contributed by atoms with Gasteiger partial charge in [-0.15, -0.1) is 0 Å². The summed E-state index contributed by atoms with van der Waals surface area (Å²) >= 11 is 0. The second kappa shape index (κ2) is 7.59. The lowest BCUT2D eigenvalue weighted by Gasteiger charge is -2.18. The molecule has 0 unspecified atom stereocenters. The Kier molecular flexibility index (Phi) is 5.53. The fraction of sp³-hybridized carbons (Fsp3) is 0.333. The number of aryl methyl sites for hydroxylation is 2. The molecule has 0 radical (unpaired) electrons. The number of hydrogen-bond donors (Lipinski definition) is 1. The topological polar surface area (TPSA) is 45.2 Å². The summed E-state index contributed by atoms with van der Waals surface area (Å²) in [5, 5.41) is 3.22. The Balaban J connectivity index is 1.81. The Morgan fingerprint density at radius 2 is 1.91 bits per heavy atom. The second-order valence-corrected chi connectivity index (χ2v) is 5.59. The van der Waals surface area contributed by atoms with Gasteiger partial charge in [0.2, 0.25) is 5.91 Å². The van der Waals surface area contributed by atoms with Gasteiger partial charge in [0.15, 0.2) is 0 Å². The lowest BCUT2D eigenvalue weighted by Crippen LogP contribution is -2.33. The molecule has 0 saturated carbocycles. The number of carbonyl (C=O) groups excluding carboxylic acids is 1. The molecule has 1 amide bonds. The van der Waals surface area contributed by atoms with Crippen LogP contribution in [-0.2, 0) is 11.2 Å². The molecular formula is C18H23N3O. The van der Waals surface area contributed by atoms with Crippen molar-refractivity contribution < 1.29 is 4.79 Å². The van der Waals surface area contributed by atoms with Gasteiger partial charge in [-0.2, -0.15) is 0 Å². The molecule has 1 heterocycles. The van der Waals surface area contributed by atoms with Crippen molar-refractivity contribution in [2.75, 3.05) is 25.5 Å². The van der Waals surface area contributed by atoms with Gasteiger partial charge >= 0.3 is 0 Å². The van der Waals surface area contributed by atoms with Crippen molar-refractivity contribution in [2.45, 2.75) is 20.3 Å². The van der Waals surface area contributed by atoms with Crippen LogP contribution in [0, 0.1) is 13.8 Å². The number of anilines is 1. The van der Waals surface area contributed by atoms with Crippen molar-refractivity contribution in [3.05, 3.63) is 59.4 Å². The maximum atomic E-state index is 12.2. The van der Waals surface area contributed by atoms with E-state index in [9.17, 15) is 4.79 Å². The van der Waals surface area contributed by atoms with Crippen LogP contribution in [0.2, 0.25) is 0 Å². The molecule has 4 nitrogen and oxygen atoms in total. The molecule has 22 heavy (non-hydrogen) atoms. The van der Waals surface area contributed by atoms with Gasteiger partial charge in [-0.1, -0.05) is 17.7 Å². The summed E-state index contributed by atoms with van der Waals surface area (Å²) in [5.74, 6) is 0.0917. The Labute approximate surface area is 132 Å². The molecule has 4 heteroatoms. The first-order chi connectivity index (χ1) is 10.6. The summed E-state index contributed by atoms with van der Waals surface area (Å²) in [4.78, 5) is 17.9. The predicted octanol–water partition coefficient (Wildman–Crippen LogP) is 2.81. The van der Waals surface area contributed by atoms with Crippen molar-refractivity contribution in [3.8, 4) is 0 Å². The van der Waals surface area contributed by atoms with Gasteiger partial charge in [0.25, 0.3) is 0 Å². The largest absolute Gasteiger partial charge is 0.376 e. The molecule has 0 atom stereocenters. The van der Waals surface area contributed by atoms with Gasteiger partial charge in [0, 0.05) is 31.7 Å². The van der Waals surface area contributed by atoms with E-state index in [1.54, 1.807) is 17.3 Å². The summed E-state index contributed by atoms with van der Waals surface area (Å²) in [6.45, 7) is 5.13. The van der Waals surface area contributed by atoms with E-state index in [4.69, 9.17) is 0 Å². The molecule has 1 aromatic heterocycles. The Morgan fingerprint density at radius 3 is 2.59 bits per heavy atom. The van der Waals surface area contributed by atoms with Gasteiger partial charge in [-0.3, -0.25) is 9.78 Å². The smallest absolute Gasteiger partial charge is 0.241 e. The monoisotopic (exact) mass is 297 g/mol. The molecule has 0 bridgehead atoms. The molecule has 2 aromatic rings. The molecule has 0 fully saturated rings. The number of amides is 1. The van der Waals surface area contributed by atoms with Crippen molar-refractivity contribution >= 4 is 11.6 Å². The summed E-state index contributed by atoms with van der Waals surface area (Å²) in [5.41, 5.74) is 4.59. The van der Waals surface area contributed by atoms with Crippen LogP contribution < -0.4 is 5.32 Å². The molecule has 1 aromatic carbocycles. The van der Waals surface area contributed by atoms with Crippen LogP contribution in [0.1, 0.15) is 16.7 Å². The highest BCUT2D eigenvalue weighted by Crippen LogP contribution is 2.15. The first-order valence-electron chi connectivity index (χ1n) is 7.50. The van der Waals surface area contributed by atoms with E-state index < -0.39 is 0 Å². The van der Waals surface area contributed by atoms with Crippen molar-refractivity contribution in [1.29, 1.82) is 0 Å². The number of carbonyl (C=O) groups is 1. The lowest BCUT2D eigenvalue weighted by atomic mass is 10.1. The van der Waals surface area contributed by atoms with E-state index in [1.165, 1.54) is 11.1 Å². The van der Waals surface area contributed by atoms with E-state index in [-0.39, 0.29) is 5.91 Å². The standard InChI is InChI=1S/C18H23N3O/c1-14-4-5-17(15(2)12-14)20-13-18(22)21(3)11-8-16-6-9-19-10-7-16/h4-7,9-10,12,20H,8,11,13H2,1-3H3. The number of pyridine rings is 1. The summed E-state index contributed by atoms with van der Waals surface area (Å²) in [7, 11) is 1.84. The van der Waals surface area contributed by atoms with Crippen LogP contribution in [0.5, 0.6) is 0 Å². The average molecular weight is 297 g/mol. The van der Waals surface area contributed by atoms with Gasteiger partial charge in [-0.05, 0) is 49.6 Å². The first-order valence-corrected chi connectivity index (χ1v) is 7.50. The van der Waals surface area contributed by atoms with Gasteiger partial charge in [0.1, 0.15) is 0 Å². The Hall–Kier alpha value is -2.36. The zero-order chi connectivity index (χ0) is 15.9. The minimum absolute atomic E-state index is 0.0917. The zero-order valence-electron chi connectivity index (χ0n) is 13.5. The Morgan fingerprint density at radius 1 is 1.18 bits per heavy atom. The quantitative estimate of drug-likeness (QED) is 0.892. The van der Waals surface area contributed by atoms with Crippen LogP contribution in [0.15, 0.2) is 42.7 Å². The fourth-order valence-corrected chi connectivity index (χ4v) is 2.29. The summed E-state index contributed by atoms with van der Waals surface area (Å²) in [6.07, 6.45) is 4.39. The maximum absolute atomic E-state index is 12.2. The minimum atomic E-state index is 0.0917. The minimum Gasteiger partial charge on any atom is -0.376 e. The summed E-state index contributed by atoms with van der Waals surface area (Å²) < 4.78 is 0. The fourth-order valence-electron chi connectivity index (χ4n) is 2.29. The van der Waals surface area contributed by atoms with E-state index in [2.05, 4.69) is 23.3 Å². The average Bonchev–Trinajstić information content (AvgIpc) is 2.52. The third-order valence-electron chi connectivity index (χ3n) is 3.72. The number of nitrogens with zero attached hydrogens (tertiary/aromatic N) is 2. The van der Waals surface area contributed by atoms with Gasteiger partial charge in [-0.25, -0.2) is 0 Å². The highest BCUT2D eigenvalue weighted by Gasteiger charge is 2.09. The van der Waals surface area contributed by atoms with E-state index >= 15 is 0 Å². The van der Waals surface area contributed by atoms with E-state index in [0.717, 1.165) is 17.7 Å². The normalized spacial score (nSPS) is 10.3. The van der Waals surface area contributed by atoms with Crippen molar-refractivity contribution in [3.63, 3.8) is 0 Å². The van der Waals surface area contributed by atoms with Crippen LogP contribution >= 0.6 is 0 Å². The number of likely N-dealkylation sites (N-methyl/N-ethyl adjacent to an activating group) is 1. The number of aromatic nitrogens is 1. The zero-order valence-corrected chi connectivity index (χ0v) is 13.5. The molecule has 116 valence electrons. The number of nitrogens with one attached hydrogen (secondary N) is 1. The maximum Gasteiger partial charge on any atom is 0.241 e. The third kappa shape index (κ3) is 4.58. The van der Waals surface area contributed by atoms with E-state index in [0.29, 0.717) is 13.1 Å². The molecule has 0 aliphatic heterocycles. The van der Waals surface area contributed by atoms with Gasteiger partial charge in [0.05, 0.1) is 6.54 Å². The first kappa shape index (κ1) is 16.0. The highest BCUT2D eigenvalue weighted by molar-refractivity contribution is 5.80. The number of benzene rings is 1.